The molecule has 0 aliphatic heterocycles. The minimum absolute atomic E-state index is 0.150. The lowest BCUT2D eigenvalue weighted by atomic mass is 10.2. The van der Waals surface area contributed by atoms with Gasteiger partial charge in [-0.1, -0.05) is 11.6 Å². The lowest BCUT2D eigenvalue weighted by Gasteiger charge is -2.10. The molecule has 2 aromatic rings. The Kier molecular flexibility index (Phi) is 5.12. The van der Waals surface area contributed by atoms with E-state index in [9.17, 15) is 13.2 Å². The number of hydrogen-bond donors (Lipinski definition) is 2. The molecule has 0 aromatic heterocycles. The van der Waals surface area contributed by atoms with Gasteiger partial charge in [0.25, 0.3) is 5.91 Å². The maximum absolute atomic E-state index is 12.2. The third-order valence-electron chi connectivity index (χ3n) is 2.87. The van der Waals surface area contributed by atoms with Crippen molar-refractivity contribution in [3.8, 4) is 5.75 Å². The highest BCUT2D eigenvalue weighted by Gasteiger charge is 2.12. The summed E-state index contributed by atoms with van der Waals surface area (Å²) < 4.78 is 29.9. The highest BCUT2D eigenvalue weighted by molar-refractivity contribution is 7.92. The summed E-state index contributed by atoms with van der Waals surface area (Å²) >= 11 is 5.93. The second kappa shape index (κ2) is 6.89. The van der Waals surface area contributed by atoms with E-state index in [1.54, 1.807) is 31.4 Å². The first kappa shape index (κ1) is 17.1. The molecule has 0 unspecified atom stereocenters. The van der Waals surface area contributed by atoms with E-state index in [4.69, 9.17) is 16.3 Å². The van der Waals surface area contributed by atoms with Crippen molar-refractivity contribution in [2.45, 2.75) is 0 Å². The maximum Gasteiger partial charge on any atom is 0.255 e. The Bertz CT molecular complexity index is 820. The first-order valence-electron chi connectivity index (χ1n) is 6.51. The van der Waals surface area contributed by atoms with Crippen molar-refractivity contribution in [2.24, 2.45) is 0 Å². The molecule has 2 N–H and O–H groups in total. The molecule has 0 aliphatic rings. The van der Waals surface area contributed by atoms with Crippen molar-refractivity contribution in [2.75, 3.05) is 23.4 Å². The van der Waals surface area contributed by atoms with Gasteiger partial charge in [-0.05, 0) is 42.5 Å². The number of sulfonamides is 1. The van der Waals surface area contributed by atoms with Gasteiger partial charge in [-0.3, -0.25) is 9.52 Å². The Labute approximate surface area is 139 Å². The molecule has 0 bridgehead atoms. The summed E-state index contributed by atoms with van der Waals surface area (Å²) in [5, 5.41) is 2.91. The SMILES string of the molecule is COc1ccc(NC(=O)c2ccc(Cl)c(NS(C)(=O)=O)c2)cc1. The van der Waals surface area contributed by atoms with Crippen LogP contribution in [0, 0.1) is 0 Å². The van der Waals surface area contributed by atoms with Crippen LogP contribution < -0.4 is 14.8 Å². The van der Waals surface area contributed by atoms with Gasteiger partial charge in [0.15, 0.2) is 0 Å². The van der Waals surface area contributed by atoms with E-state index >= 15 is 0 Å². The third-order valence-corrected chi connectivity index (χ3v) is 3.79. The lowest BCUT2D eigenvalue weighted by Crippen LogP contribution is -2.14. The molecule has 2 aromatic carbocycles. The fourth-order valence-electron chi connectivity index (χ4n) is 1.82. The number of anilines is 2. The van der Waals surface area contributed by atoms with Gasteiger partial charge >= 0.3 is 0 Å². The highest BCUT2D eigenvalue weighted by Crippen LogP contribution is 2.24. The van der Waals surface area contributed by atoms with Crippen LogP contribution in [0.4, 0.5) is 11.4 Å². The molecule has 8 heteroatoms. The predicted molar refractivity (Wildman–Crippen MR) is 90.9 cm³/mol. The van der Waals surface area contributed by atoms with Crippen molar-refractivity contribution in [1.82, 2.24) is 0 Å². The van der Waals surface area contributed by atoms with Crippen LogP contribution in [0.3, 0.4) is 0 Å². The van der Waals surface area contributed by atoms with Crippen molar-refractivity contribution < 1.29 is 17.9 Å². The molecule has 0 spiro atoms. The summed E-state index contributed by atoms with van der Waals surface area (Å²) in [7, 11) is -1.94. The van der Waals surface area contributed by atoms with Gasteiger partial charge in [0.1, 0.15) is 5.75 Å². The number of ether oxygens (including phenoxy) is 1. The van der Waals surface area contributed by atoms with Crippen LogP contribution in [-0.2, 0) is 10.0 Å². The van der Waals surface area contributed by atoms with Crippen LogP contribution in [0.5, 0.6) is 5.75 Å². The molecule has 0 heterocycles. The highest BCUT2D eigenvalue weighted by atomic mass is 35.5. The fraction of sp³-hybridized carbons (Fsp3) is 0.133. The summed E-state index contributed by atoms with van der Waals surface area (Å²) in [5.74, 6) is 0.289. The van der Waals surface area contributed by atoms with Crippen LogP contribution in [0.1, 0.15) is 10.4 Å². The smallest absolute Gasteiger partial charge is 0.255 e. The Hall–Kier alpha value is -2.25. The standard InChI is InChI=1S/C15H15ClN2O4S/c1-22-12-6-4-11(5-7-12)17-15(19)10-3-8-13(16)14(9-10)18-23(2,20)21/h3-9,18H,1-2H3,(H,17,19). The number of amides is 1. The Morgan fingerprint density at radius 1 is 1.13 bits per heavy atom. The normalized spacial score (nSPS) is 10.9. The molecule has 23 heavy (non-hydrogen) atoms. The molecule has 6 nitrogen and oxygen atoms in total. The second-order valence-electron chi connectivity index (χ2n) is 4.75. The molecule has 0 radical (unpaired) electrons. The molecular weight excluding hydrogens is 340 g/mol. The monoisotopic (exact) mass is 354 g/mol. The van der Waals surface area contributed by atoms with Crippen LogP contribution in [0.15, 0.2) is 42.5 Å². The number of hydrogen-bond acceptors (Lipinski definition) is 4. The van der Waals surface area contributed by atoms with E-state index in [0.717, 1.165) is 6.26 Å². The number of benzene rings is 2. The average Bonchev–Trinajstić information content (AvgIpc) is 2.49. The molecular formula is C15H15ClN2O4S. The largest absolute Gasteiger partial charge is 0.497 e. The van der Waals surface area contributed by atoms with Gasteiger partial charge in [-0.2, -0.15) is 0 Å². The van der Waals surface area contributed by atoms with Gasteiger partial charge in [-0.25, -0.2) is 8.42 Å². The number of methoxy groups -OCH3 is 1. The maximum atomic E-state index is 12.2. The number of nitrogens with one attached hydrogen (secondary N) is 2. The molecule has 0 saturated heterocycles. The van der Waals surface area contributed by atoms with Crippen molar-refractivity contribution in [3.63, 3.8) is 0 Å². The molecule has 0 aliphatic carbocycles. The van der Waals surface area contributed by atoms with Crippen molar-refractivity contribution in [1.29, 1.82) is 0 Å². The van der Waals surface area contributed by atoms with Gasteiger partial charge in [-0.15, -0.1) is 0 Å². The summed E-state index contributed by atoms with van der Waals surface area (Å²) in [6, 6.07) is 11.2. The Morgan fingerprint density at radius 3 is 2.35 bits per heavy atom. The molecule has 0 saturated carbocycles. The number of halogens is 1. The van der Waals surface area contributed by atoms with Crippen molar-refractivity contribution >= 4 is 38.9 Å². The molecule has 0 atom stereocenters. The van der Waals surface area contributed by atoms with Crippen LogP contribution in [0.2, 0.25) is 5.02 Å². The van der Waals surface area contributed by atoms with Crippen molar-refractivity contribution in [3.05, 3.63) is 53.1 Å². The molecule has 0 fully saturated rings. The number of carbonyl (C=O) groups excluding carboxylic acids is 1. The zero-order valence-electron chi connectivity index (χ0n) is 12.5. The van der Waals surface area contributed by atoms with E-state index in [2.05, 4.69) is 10.0 Å². The summed E-state index contributed by atoms with van der Waals surface area (Å²) in [6.07, 6.45) is 1.01. The van der Waals surface area contributed by atoms with E-state index in [0.29, 0.717) is 11.4 Å². The Balaban J connectivity index is 2.20. The first-order valence-corrected chi connectivity index (χ1v) is 8.78. The minimum Gasteiger partial charge on any atom is -0.497 e. The fourth-order valence-corrected chi connectivity index (χ4v) is 2.61. The average molecular weight is 355 g/mol. The van der Waals surface area contributed by atoms with Gasteiger partial charge in [0.2, 0.25) is 10.0 Å². The topological polar surface area (TPSA) is 84.5 Å². The second-order valence-corrected chi connectivity index (χ2v) is 6.91. The van der Waals surface area contributed by atoms with Crippen LogP contribution >= 0.6 is 11.6 Å². The lowest BCUT2D eigenvalue weighted by molar-refractivity contribution is 0.102. The van der Waals surface area contributed by atoms with Gasteiger partial charge < -0.3 is 10.1 Å². The molecule has 2 rings (SSSR count). The van der Waals surface area contributed by atoms with E-state index in [-0.39, 0.29) is 22.2 Å². The minimum atomic E-state index is -3.49. The summed E-state index contributed by atoms with van der Waals surface area (Å²) in [5.41, 5.74) is 1.01. The van der Waals surface area contributed by atoms with Crippen LogP contribution in [-0.4, -0.2) is 27.7 Å². The summed E-state index contributed by atoms with van der Waals surface area (Å²) in [6.45, 7) is 0. The third kappa shape index (κ3) is 4.87. The summed E-state index contributed by atoms with van der Waals surface area (Å²) in [4.78, 5) is 12.2. The van der Waals surface area contributed by atoms with Gasteiger partial charge in [0, 0.05) is 11.3 Å². The molecule has 1 amide bonds. The van der Waals surface area contributed by atoms with Gasteiger partial charge in [0.05, 0.1) is 24.1 Å². The molecule has 122 valence electrons. The van der Waals surface area contributed by atoms with E-state index in [1.165, 1.54) is 18.2 Å². The quantitative estimate of drug-likeness (QED) is 0.864. The number of carbonyl (C=O) groups is 1. The zero-order valence-corrected chi connectivity index (χ0v) is 14.0. The first-order chi connectivity index (χ1) is 10.8. The van der Waals surface area contributed by atoms with Crippen LogP contribution in [0.25, 0.3) is 0 Å². The van der Waals surface area contributed by atoms with E-state index < -0.39 is 10.0 Å². The number of rotatable bonds is 5. The zero-order chi connectivity index (χ0) is 17.0. The predicted octanol–water partition coefficient (Wildman–Crippen LogP) is 2.97. The van der Waals surface area contributed by atoms with E-state index in [1.807, 2.05) is 0 Å². The Morgan fingerprint density at radius 2 is 1.78 bits per heavy atom.